The van der Waals surface area contributed by atoms with Gasteiger partial charge in [-0.2, -0.15) is 0 Å². The number of nitrogens with two attached hydrogens (primary N) is 2. The molecule has 1 aliphatic heterocycles. The van der Waals surface area contributed by atoms with Gasteiger partial charge in [0.25, 0.3) is 5.91 Å². The lowest BCUT2D eigenvalue weighted by molar-refractivity contribution is -0.123. The maximum Gasteiger partial charge on any atom is 0.256 e. The highest BCUT2D eigenvalue weighted by Gasteiger charge is 2.33. The Bertz CT molecular complexity index is 522. The van der Waals surface area contributed by atoms with Crippen LogP contribution in [0.25, 0.3) is 0 Å². The molecule has 2 rings (SSSR count). The summed E-state index contributed by atoms with van der Waals surface area (Å²) in [6.45, 7) is 4.23. The van der Waals surface area contributed by atoms with E-state index in [0.29, 0.717) is 17.8 Å². The molecular weight excluding hydrogens is 254 g/mol. The monoisotopic (exact) mass is 275 g/mol. The summed E-state index contributed by atoms with van der Waals surface area (Å²) in [5.41, 5.74) is 13.2. The highest BCUT2D eigenvalue weighted by Crippen LogP contribution is 2.26. The van der Waals surface area contributed by atoms with Crippen molar-refractivity contribution in [2.24, 2.45) is 11.7 Å². The third kappa shape index (κ3) is 2.61. The van der Waals surface area contributed by atoms with Crippen molar-refractivity contribution >= 4 is 17.5 Å². The predicted octanol–water partition coefficient (Wildman–Crippen LogP) is 1.30. The minimum absolute atomic E-state index is 0.0945. The van der Waals surface area contributed by atoms with Crippen LogP contribution in [0.4, 0.5) is 5.69 Å². The fourth-order valence-electron chi connectivity index (χ4n) is 2.75. The number of rotatable bonds is 2. The molecule has 0 spiro atoms. The number of carbonyl (C=O) groups is 2. The number of primary amides is 1. The van der Waals surface area contributed by atoms with Crippen LogP contribution in [-0.2, 0) is 4.79 Å². The van der Waals surface area contributed by atoms with E-state index in [9.17, 15) is 9.59 Å². The largest absolute Gasteiger partial charge is 0.398 e. The van der Waals surface area contributed by atoms with Crippen LogP contribution < -0.4 is 11.5 Å². The van der Waals surface area contributed by atoms with E-state index in [-0.39, 0.29) is 23.8 Å². The lowest BCUT2D eigenvalue weighted by Gasteiger charge is -2.37. The van der Waals surface area contributed by atoms with Crippen LogP contribution in [0.2, 0.25) is 0 Å². The summed E-state index contributed by atoms with van der Waals surface area (Å²) in [7, 11) is 0. The molecule has 1 aromatic rings. The maximum absolute atomic E-state index is 12.7. The smallest absolute Gasteiger partial charge is 0.256 e. The van der Waals surface area contributed by atoms with Gasteiger partial charge in [-0.1, -0.05) is 12.1 Å². The average molecular weight is 275 g/mol. The fourth-order valence-corrected chi connectivity index (χ4v) is 2.75. The molecule has 0 aliphatic carbocycles. The van der Waals surface area contributed by atoms with Crippen molar-refractivity contribution in [1.29, 1.82) is 0 Å². The van der Waals surface area contributed by atoms with Crippen LogP contribution in [0.1, 0.15) is 35.7 Å². The molecule has 1 fully saturated rings. The second-order valence-corrected chi connectivity index (χ2v) is 5.52. The lowest BCUT2D eigenvalue weighted by Crippen LogP contribution is -2.48. The summed E-state index contributed by atoms with van der Waals surface area (Å²) in [5.74, 6) is -0.716. The highest BCUT2D eigenvalue weighted by atomic mass is 16.2. The molecule has 0 bridgehead atoms. The molecular formula is C15H21N3O2. The van der Waals surface area contributed by atoms with Crippen LogP contribution >= 0.6 is 0 Å². The molecule has 1 heterocycles. The number of carbonyl (C=O) groups excluding carboxylic acids is 2. The Morgan fingerprint density at radius 2 is 2.00 bits per heavy atom. The van der Waals surface area contributed by atoms with Crippen molar-refractivity contribution < 1.29 is 9.59 Å². The fraction of sp³-hybridized carbons (Fsp3) is 0.467. The van der Waals surface area contributed by atoms with Crippen molar-refractivity contribution in [3.63, 3.8) is 0 Å². The first-order valence-electron chi connectivity index (χ1n) is 6.87. The third-order valence-corrected chi connectivity index (χ3v) is 4.06. The van der Waals surface area contributed by atoms with E-state index in [1.165, 1.54) is 0 Å². The molecule has 1 aromatic carbocycles. The number of hydrogen-bond donors (Lipinski definition) is 2. The van der Waals surface area contributed by atoms with E-state index in [2.05, 4.69) is 0 Å². The summed E-state index contributed by atoms with van der Waals surface area (Å²) in [6.07, 6.45) is 1.52. The van der Waals surface area contributed by atoms with E-state index in [4.69, 9.17) is 11.5 Å². The highest BCUT2D eigenvalue weighted by molar-refractivity contribution is 6.01. The van der Waals surface area contributed by atoms with Crippen molar-refractivity contribution in [1.82, 2.24) is 4.90 Å². The molecule has 2 atom stereocenters. The Kier molecular flexibility index (Phi) is 3.97. The van der Waals surface area contributed by atoms with Gasteiger partial charge >= 0.3 is 0 Å². The average Bonchev–Trinajstić information content (AvgIpc) is 2.38. The Balaban J connectivity index is 2.29. The van der Waals surface area contributed by atoms with E-state index in [1.54, 1.807) is 11.0 Å². The summed E-state index contributed by atoms with van der Waals surface area (Å²) >= 11 is 0. The molecule has 0 aromatic heterocycles. The molecule has 4 N–H and O–H groups in total. The van der Waals surface area contributed by atoms with Crippen LogP contribution in [-0.4, -0.2) is 29.3 Å². The molecule has 108 valence electrons. The van der Waals surface area contributed by atoms with Crippen molar-refractivity contribution in [2.75, 3.05) is 12.3 Å². The molecule has 0 radical (unpaired) electrons. The Labute approximate surface area is 118 Å². The topological polar surface area (TPSA) is 89.4 Å². The predicted molar refractivity (Wildman–Crippen MR) is 78.0 cm³/mol. The first-order valence-corrected chi connectivity index (χ1v) is 6.87. The van der Waals surface area contributed by atoms with Gasteiger partial charge in [0.15, 0.2) is 0 Å². The maximum atomic E-state index is 12.7. The normalized spacial score (nSPS) is 22.6. The van der Waals surface area contributed by atoms with Gasteiger partial charge in [-0.3, -0.25) is 9.59 Å². The number of benzene rings is 1. The van der Waals surface area contributed by atoms with Gasteiger partial charge < -0.3 is 16.4 Å². The second kappa shape index (κ2) is 5.53. The SMILES string of the molecule is Cc1cccc(N)c1C(=O)N1CC(C(N)=O)CCC1C. The van der Waals surface area contributed by atoms with Gasteiger partial charge in [0.05, 0.1) is 11.5 Å². The lowest BCUT2D eigenvalue weighted by atomic mass is 9.91. The standard InChI is InChI=1S/C15H21N3O2/c1-9-4-3-5-12(16)13(9)15(20)18-8-11(14(17)19)7-6-10(18)2/h3-5,10-11H,6-8,16H2,1-2H3,(H2,17,19). The molecule has 1 aliphatic rings. The van der Waals surface area contributed by atoms with Crippen molar-refractivity contribution in [3.8, 4) is 0 Å². The summed E-state index contributed by atoms with van der Waals surface area (Å²) in [4.78, 5) is 25.8. The summed E-state index contributed by atoms with van der Waals surface area (Å²) in [6, 6.07) is 5.51. The second-order valence-electron chi connectivity index (χ2n) is 5.52. The minimum atomic E-state index is -0.340. The number of nitrogen functional groups attached to an aromatic ring is 1. The van der Waals surface area contributed by atoms with Gasteiger partial charge in [0.1, 0.15) is 0 Å². The first kappa shape index (κ1) is 14.4. The molecule has 1 saturated heterocycles. The molecule has 2 unspecified atom stereocenters. The quantitative estimate of drug-likeness (QED) is 0.797. The number of aryl methyl sites for hydroxylation is 1. The van der Waals surface area contributed by atoms with Crippen LogP contribution in [0.3, 0.4) is 0 Å². The van der Waals surface area contributed by atoms with Crippen molar-refractivity contribution in [2.45, 2.75) is 32.7 Å². The van der Waals surface area contributed by atoms with Gasteiger partial charge in [-0.15, -0.1) is 0 Å². The Morgan fingerprint density at radius 3 is 2.60 bits per heavy atom. The number of amides is 2. The number of anilines is 1. The number of piperidine rings is 1. The zero-order valence-corrected chi connectivity index (χ0v) is 11.9. The summed E-state index contributed by atoms with van der Waals surface area (Å²) in [5, 5.41) is 0. The van der Waals surface area contributed by atoms with E-state index >= 15 is 0 Å². The summed E-state index contributed by atoms with van der Waals surface area (Å²) < 4.78 is 0. The van der Waals surface area contributed by atoms with Gasteiger partial charge in [0, 0.05) is 18.3 Å². The van der Waals surface area contributed by atoms with E-state index in [0.717, 1.165) is 18.4 Å². The number of hydrogen-bond acceptors (Lipinski definition) is 3. The number of likely N-dealkylation sites (tertiary alicyclic amines) is 1. The van der Waals surface area contributed by atoms with Crippen LogP contribution in [0, 0.1) is 12.8 Å². The van der Waals surface area contributed by atoms with Gasteiger partial charge in [-0.05, 0) is 38.3 Å². The van der Waals surface area contributed by atoms with Gasteiger partial charge in [0.2, 0.25) is 5.91 Å². The zero-order chi connectivity index (χ0) is 14.9. The minimum Gasteiger partial charge on any atom is -0.398 e. The molecule has 2 amide bonds. The Morgan fingerprint density at radius 1 is 1.30 bits per heavy atom. The third-order valence-electron chi connectivity index (χ3n) is 4.06. The molecule has 5 heteroatoms. The van der Waals surface area contributed by atoms with E-state index in [1.807, 2.05) is 26.0 Å². The van der Waals surface area contributed by atoms with Gasteiger partial charge in [-0.25, -0.2) is 0 Å². The van der Waals surface area contributed by atoms with Crippen molar-refractivity contribution in [3.05, 3.63) is 29.3 Å². The van der Waals surface area contributed by atoms with E-state index < -0.39 is 0 Å². The number of nitrogens with zero attached hydrogens (tertiary/aromatic N) is 1. The molecule has 20 heavy (non-hydrogen) atoms. The molecule has 0 saturated carbocycles. The van der Waals surface area contributed by atoms with Crippen LogP contribution in [0.15, 0.2) is 18.2 Å². The molecule has 5 nitrogen and oxygen atoms in total. The Hall–Kier alpha value is -2.04. The zero-order valence-electron chi connectivity index (χ0n) is 11.9. The van der Waals surface area contributed by atoms with Crippen LogP contribution in [0.5, 0.6) is 0 Å². The first-order chi connectivity index (χ1) is 9.41.